The molecule has 4 rings (SSSR count). The summed E-state index contributed by atoms with van der Waals surface area (Å²) in [5, 5.41) is 0. The predicted octanol–water partition coefficient (Wildman–Crippen LogP) is 7.96. The van der Waals surface area contributed by atoms with E-state index < -0.39 is 0 Å². The number of hydrogen-bond acceptors (Lipinski definition) is 3. The van der Waals surface area contributed by atoms with Gasteiger partial charge in [-0.2, -0.15) is 0 Å². The summed E-state index contributed by atoms with van der Waals surface area (Å²) in [5.74, 6) is 2.50. The fourth-order valence-electron chi connectivity index (χ4n) is 8.15. The Hall–Kier alpha value is -1.12. The first-order chi connectivity index (χ1) is 15.9. The second-order valence-electron chi connectivity index (χ2n) is 12.3. The van der Waals surface area contributed by atoms with E-state index in [2.05, 4.69) is 26.8 Å². The second-order valence-corrected chi connectivity index (χ2v) is 12.3. The Morgan fingerprint density at radius 3 is 2.36 bits per heavy atom. The number of hydrogen-bond donors (Lipinski definition) is 0. The number of ketones is 1. The maximum Gasteiger partial charge on any atom is 0.306 e. The van der Waals surface area contributed by atoms with Gasteiger partial charge in [-0.05, 0) is 68.1 Å². The van der Waals surface area contributed by atoms with Crippen molar-refractivity contribution < 1.29 is 14.3 Å². The van der Waals surface area contributed by atoms with E-state index in [0.29, 0.717) is 30.0 Å². The molecule has 4 aliphatic carbocycles. The molecule has 0 unspecified atom stereocenters. The van der Waals surface area contributed by atoms with Crippen molar-refractivity contribution in [1.82, 2.24) is 0 Å². The van der Waals surface area contributed by atoms with Gasteiger partial charge < -0.3 is 4.74 Å². The number of esters is 1. The molecule has 0 aliphatic heterocycles. The van der Waals surface area contributed by atoms with Gasteiger partial charge >= 0.3 is 5.97 Å². The van der Waals surface area contributed by atoms with Gasteiger partial charge in [-0.25, -0.2) is 0 Å². The summed E-state index contributed by atoms with van der Waals surface area (Å²) in [6, 6.07) is 0. The lowest BCUT2D eigenvalue weighted by Gasteiger charge is -2.56. The molecule has 0 aromatic rings. The molecule has 186 valence electrons. The summed E-state index contributed by atoms with van der Waals surface area (Å²) in [7, 11) is 0. The number of carbonyl (C=O) groups excluding carboxylic acids is 2. The van der Waals surface area contributed by atoms with Crippen LogP contribution in [0, 0.1) is 28.6 Å². The Bertz CT molecular complexity index is 739. The predicted molar refractivity (Wildman–Crippen MR) is 134 cm³/mol. The van der Waals surface area contributed by atoms with Crippen LogP contribution in [0.4, 0.5) is 0 Å². The average Bonchev–Trinajstić information content (AvgIpc) is 3.10. The fraction of sp³-hybridized carbons (Fsp3) is 0.867. The zero-order valence-corrected chi connectivity index (χ0v) is 21.6. The van der Waals surface area contributed by atoms with Gasteiger partial charge in [0.1, 0.15) is 11.9 Å². The summed E-state index contributed by atoms with van der Waals surface area (Å²) < 4.78 is 5.96. The van der Waals surface area contributed by atoms with Gasteiger partial charge in [0.25, 0.3) is 0 Å². The molecule has 0 spiro atoms. The van der Waals surface area contributed by atoms with Crippen molar-refractivity contribution in [2.24, 2.45) is 28.6 Å². The number of unbranched alkanes of at least 4 members (excludes halogenated alkanes) is 7. The van der Waals surface area contributed by atoms with Crippen molar-refractivity contribution in [3.8, 4) is 0 Å². The minimum absolute atomic E-state index is 0.0155. The lowest BCUT2D eigenvalue weighted by Crippen LogP contribution is -2.50. The van der Waals surface area contributed by atoms with Crippen molar-refractivity contribution in [2.75, 3.05) is 0 Å². The van der Waals surface area contributed by atoms with Crippen LogP contribution in [0.5, 0.6) is 0 Å². The first-order valence-electron chi connectivity index (χ1n) is 14.3. The van der Waals surface area contributed by atoms with E-state index in [0.717, 1.165) is 57.8 Å². The summed E-state index contributed by atoms with van der Waals surface area (Å²) >= 11 is 0. The van der Waals surface area contributed by atoms with Gasteiger partial charge in [0.2, 0.25) is 0 Å². The number of fused-ring (bicyclic) bond motifs is 5. The van der Waals surface area contributed by atoms with Crippen LogP contribution in [0.1, 0.15) is 130 Å². The number of ether oxygens (including phenoxy) is 1. The summed E-state index contributed by atoms with van der Waals surface area (Å²) in [6.45, 7) is 6.99. The maximum absolute atomic E-state index is 12.6. The molecule has 0 aromatic heterocycles. The fourth-order valence-corrected chi connectivity index (χ4v) is 8.15. The van der Waals surface area contributed by atoms with Gasteiger partial charge in [0, 0.05) is 24.7 Å². The zero-order chi connectivity index (χ0) is 23.5. The van der Waals surface area contributed by atoms with Gasteiger partial charge in [-0.15, -0.1) is 0 Å². The SMILES string of the molecule is CCCCCCCCCCC(=O)O[C@H]1CC[C@@]2(C)C(=CC[C@@H]3[C@@H]2CC[C@]2(C)C(=O)CC[C@@H]32)C1. The third-order valence-corrected chi connectivity index (χ3v) is 10.3. The highest BCUT2D eigenvalue weighted by molar-refractivity contribution is 5.87. The van der Waals surface area contributed by atoms with Gasteiger partial charge in [0.15, 0.2) is 0 Å². The average molecular weight is 457 g/mol. The van der Waals surface area contributed by atoms with Crippen LogP contribution in [0.2, 0.25) is 0 Å². The molecule has 3 nitrogen and oxygen atoms in total. The van der Waals surface area contributed by atoms with Crippen molar-refractivity contribution in [1.29, 1.82) is 0 Å². The van der Waals surface area contributed by atoms with E-state index in [-0.39, 0.29) is 22.9 Å². The molecular weight excluding hydrogens is 408 g/mol. The van der Waals surface area contributed by atoms with Crippen LogP contribution in [-0.2, 0) is 14.3 Å². The Morgan fingerprint density at radius 1 is 0.939 bits per heavy atom. The molecule has 33 heavy (non-hydrogen) atoms. The minimum atomic E-state index is -0.0505. The molecule has 4 aliphatic rings. The van der Waals surface area contributed by atoms with Crippen LogP contribution in [0.15, 0.2) is 11.6 Å². The van der Waals surface area contributed by atoms with Crippen molar-refractivity contribution in [3.63, 3.8) is 0 Å². The Morgan fingerprint density at radius 2 is 1.61 bits per heavy atom. The van der Waals surface area contributed by atoms with Gasteiger partial charge in [-0.1, -0.05) is 77.4 Å². The molecule has 0 amide bonds. The topological polar surface area (TPSA) is 43.4 Å². The highest BCUT2D eigenvalue weighted by Gasteiger charge is 2.58. The number of Topliss-reactive ketones (excluding diaryl/α,β-unsaturated/α-hetero) is 1. The first-order valence-corrected chi connectivity index (χ1v) is 14.3. The third kappa shape index (κ3) is 5.13. The quantitative estimate of drug-likeness (QED) is 0.190. The van der Waals surface area contributed by atoms with Gasteiger partial charge in [0.05, 0.1) is 0 Å². The van der Waals surface area contributed by atoms with Gasteiger partial charge in [-0.3, -0.25) is 9.59 Å². The lowest BCUT2D eigenvalue weighted by molar-refractivity contribution is -0.151. The highest BCUT2D eigenvalue weighted by atomic mass is 16.5. The second kappa shape index (κ2) is 10.6. The molecule has 6 atom stereocenters. The molecule has 3 heteroatoms. The minimum Gasteiger partial charge on any atom is -0.462 e. The summed E-state index contributed by atoms with van der Waals surface area (Å²) in [5.41, 5.74) is 1.75. The first kappa shape index (κ1) is 25.0. The molecular formula is C30H48O3. The van der Waals surface area contributed by atoms with E-state index >= 15 is 0 Å². The molecule has 0 radical (unpaired) electrons. The van der Waals surface area contributed by atoms with E-state index in [1.54, 1.807) is 5.57 Å². The standard InChI is InChI=1S/C30H48O3/c1-4-5-6-7-8-9-10-11-12-28(32)33-23-17-19-29(2)22(21-23)13-14-24-25-15-16-27(31)30(25,3)20-18-26(24)29/h13,23-26H,4-12,14-21H2,1-3H3/t23-,24-,25-,26-,29-,30-/m0/s1. The molecule has 0 heterocycles. The van der Waals surface area contributed by atoms with Crippen molar-refractivity contribution >= 4 is 11.8 Å². The largest absolute Gasteiger partial charge is 0.462 e. The monoisotopic (exact) mass is 456 g/mol. The molecule has 0 bridgehead atoms. The lowest BCUT2D eigenvalue weighted by atomic mass is 9.48. The number of carbonyl (C=O) groups is 2. The normalized spacial score (nSPS) is 37.7. The molecule has 3 saturated carbocycles. The van der Waals surface area contributed by atoms with E-state index in [1.807, 2.05) is 0 Å². The van der Waals surface area contributed by atoms with Crippen molar-refractivity contribution in [3.05, 3.63) is 11.6 Å². The Kier molecular flexibility index (Phi) is 8.06. The number of rotatable bonds is 10. The van der Waals surface area contributed by atoms with Crippen LogP contribution >= 0.6 is 0 Å². The van der Waals surface area contributed by atoms with Crippen LogP contribution in [0.3, 0.4) is 0 Å². The smallest absolute Gasteiger partial charge is 0.306 e. The summed E-state index contributed by atoms with van der Waals surface area (Å²) in [4.78, 5) is 25.1. The molecule has 0 N–H and O–H groups in total. The Labute approximate surface area is 202 Å². The molecule has 0 aromatic carbocycles. The summed E-state index contributed by atoms with van der Waals surface area (Å²) in [6.07, 6.45) is 21.6. The van der Waals surface area contributed by atoms with E-state index in [1.165, 1.54) is 44.9 Å². The van der Waals surface area contributed by atoms with Crippen LogP contribution in [0.25, 0.3) is 0 Å². The highest BCUT2D eigenvalue weighted by Crippen LogP contribution is 2.64. The van der Waals surface area contributed by atoms with Crippen LogP contribution < -0.4 is 0 Å². The van der Waals surface area contributed by atoms with Crippen LogP contribution in [-0.4, -0.2) is 17.9 Å². The zero-order valence-electron chi connectivity index (χ0n) is 21.6. The third-order valence-electron chi connectivity index (χ3n) is 10.3. The maximum atomic E-state index is 12.6. The van der Waals surface area contributed by atoms with Crippen molar-refractivity contribution in [2.45, 2.75) is 136 Å². The van der Waals surface area contributed by atoms with E-state index in [4.69, 9.17) is 4.74 Å². The number of allylic oxidation sites excluding steroid dienone is 1. The van der Waals surface area contributed by atoms with E-state index in [9.17, 15) is 9.59 Å². The Balaban J connectivity index is 1.24. The molecule has 0 saturated heterocycles. The molecule has 3 fully saturated rings.